The topological polar surface area (TPSA) is 38.3 Å². The van der Waals surface area contributed by atoms with Crippen molar-refractivity contribution in [2.45, 2.75) is 39.2 Å². The summed E-state index contributed by atoms with van der Waals surface area (Å²) >= 11 is 0. The Morgan fingerprint density at radius 2 is 2.06 bits per heavy atom. The van der Waals surface area contributed by atoms with Gasteiger partial charge in [-0.2, -0.15) is 0 Å². The van der Waals surface area contributed by atoms with Crippen LogP contribution in [0.3, 0.4) is 0 Å². The molecular weight excluding hydrogens is 202 g/mol. The van der Waals surface area contributed by atoms with Crippen molar-refractivity contribution in [3.63, 3.8) is 0 Å². The number of nitrogens with one attached hydrogen (secondary N) is 1. The number of carbonyl (C=O) groups excluding carboxylic acids is 1. The molecule has 1 amide bonds. The lowest BCUT2D eigenvalue weighted by Gasteiger charge is -2.33. The molecule has 1 N–H and O–H groups in total. The molecule has 88 valence electrons. The van der Waals surface area contributed by atoms with Gasteiger partial charge in [-0.05, 0) is 37.5 Å². The van der Waals surface area contributed by atoms with Crippen molar-refractivity contribution in [3.8, 4) is 0 Å². The molecule has 1 aromatic rings. The number of benzene rings is 1. The molecule has 1 aliphatic heterocycles. The van der Waals surface area contributed by atoms with Gasteiger partial charge in [0.1, 0.15) is 5.60 Å². The highest BCUT2D eigenvalue weighted by Gasteiger charge is 2.33. The third kappa shape index (κ3) is 1.77. The predicted molar refractivity (Wildman–Crippen MR) is 65.8 cm³/mol. The van der Waals surface area contributed by atoms with E-state index in [0.29, 0.717) is 5.92 Å². The first-order valence-corrected chi connectivity index (χ1v) is 5.54. The van der Waals surface area contributed by atoms with E-state index in [4.69, 9.17) is 4.74 Å². The summed E-state index contributed by atoms with van der Waals surface area (Å²) < 4.78 is 5.28. The second-order valence-corrected chi connectivity index (χ2v) is 4.98. The molecule has 0 aromatic heterocycles. The number of carbonyl (C=O) groups is 1. The van der Waals surface area contributed by atoms with E-state index in [9.17, 15) is 4.79 Å². The molecule has 0 saturated carbocycles. The van der Waals surface area contributed by atoms with Gasteiger partial charge in [-0.15, -0.1) is 0 Å². The van der Waals surface area contributed by atoms with Crippen LogP contribution in [-0.4, -0.2) is 6.09 Å². The molecule has 1 aromatic carbocycles. The normalized spacial score (nSPS) is 17.7. The van der Waals surface area contributed by atoms with E-state index in [1.807, 2.05) is 26.0 Å². The molecule has 1 heterocycles. The van der Waals surface area contributed by atoms with Crippen molar-refractivity contribution in [2.24, 2.45) is 0 Å². The van der Waals surface area contributed by atoms with Crippen molar-refractivity contribution in [1.29, 1.82) is 0 Å². The molecule has 2 rings (SSSR count). The summed E-state index contributed by atoms with van der Waals surface area (Å²) in [5.74, 6) is 0.471. The predicted octanol–water partition coefficient (Wildman–Crippen LogP) is 3.85. The minimum Gasteiger partial charge on any atom is -0.438 e. The summed E-state index contributed by atoms with van der Waals surface area (Å²) in [5, 5.41) is 2.72. The zero-order valence-corrected chi connectivity index (χ0v) is 10.1. The van der Waals surface area contributed by atoms with Crippen LogP contribution in [0.1, 0.15) is 46.2 Å². The third-order valence-corrected chi connectivity index (χ3v) is 2.94. The number of hydrogen-bond acceptors (Lipinski definition) is 2. The Hall–Kier alpha value is -1.51. The molecule has 0 radical (unpaired) electrons. The Bertz CT molecular complexity index is 441. The SMILES string of the molecule is CC(C)c1ccc2c(c1)C(C)(C)OC(=O)N2.[HH]. The second-order valence-electron chi connectivity index (χ2n) is 4.98. The molecule has 0 bridgehead atoms. The Morgan fingerprint density at radius 3 is 2.69 bits per heavy atom. The summed E-state index contributed by atoms with van der Waals surface area (Å²) in [6, 6.07) is 6.11. The van der Waals surface area contributed by atoms with Gasteiger partial charge in [0.25, 0.3) is 0 Å². The standard InChI is InChI=1S/C13H17NO2.H2/c1-8(2)9-5-6-11-10(7-9)13(3,4)16-12(15)14-11;/h5-8H,1-4H3,(H,14,15);1H. The van der Waals surface area contributed by atoms with Gasteiger partial charge in [0.15, 0.2) is 0 Å². The molecule has 3 heteroatoms. The van der Waals surface area contributed by atoms with Crippen LogP contribution in [0.2, 0.25) is 0 Å². The van der Waals surface area contributed by atoms with Crippen LogP contribution >= 0.6 is 0 Å². The number of rotatable bonds is 1. The number of fused-ring (bicyclic) bond motifs is 1. The fourth-order valence-corrected chi connectivity index (χ4v) is 1.95. The monoisotopic (exact) mass is 221 g/mol. The Kier molecular flexibility index (Phi) is 2.41. The maximum absolute atomic E-state index is 11.3. The molecule has 0 saturated heterocycles. The first-order valence-electron chi connectivity index (χ1n) is 5.54. The smallest absolute Gasteiger partial charge is 0.412 e. The van der Waals surface area contributed by atoms with Crippen LogP contribution in [-0.2, 0) is 10.3 Å². The summed E-state index contributed by atoms with van der Waals surface area (Å²) in [7, 11) is 0. The maximum atomic E-state index is 11.3. The van der Waals surface area contributed by atoms with Gasteiger partial charge >= 0.3 is 6.09 Å². The van der Waals surface area contributed by atoms with Crippen LogP contribution in [0.25, 0.3) is 0 Å². The van der Waals surface area contributed by atoms with Gasteiger partial charge < -0.3 is 4.74 Å². The van der Waals surface area contributed by atoms with Gasteiger partial charge in [0.2, 0.25) is 0 Å². The number of anilines is 1. The van der Waals surface area contributed by atoms with E-state index in [-0.39, 0.29) is 7.52 Å². The molecule has 16 heavy (non-hydrogen) atoms. The Morgan fingerprint density at radius 1 is 1.38 bits per heavy atom. The van der Waals surface area contributed by atoms with Crippen LogP contribution in [0.15, 0.2) is 18.2 Å². The van der Waals surface area contributed by atoms with E-state index < -0.39 is 5.60 Å². The number of hydrogen-bond donors (Lipinski definition) is 1. The molecule has 0 aliphatic carbocycles. The van der Waals surface area contributed by atoms with Crippen molar-refractivity contribution >= 4 is 11.8 Å². The van der Waals surface area contributed by atoms with Gasteiger partial charge in [-0.3, -0.25) is 5.32 Å². The average Bonchev–Trinajstić information content (AvgIpc) is 2.15. The van der Waals surface area contributed by atoms with E-state index in [2.05, 4.69) is 25.2 Å². The number of ether oxygens (including phenoxy) is 1. The van der Waals surface area contributed by atoms with Gasteiger partial charge in [0, 0.05) is 6.99 Å². The molecular formula is C13H19NO2. The number of amides is 1. The lowest BCUT2D eigenvalue weighted by atomic mass is 9.90. The molecule has 0 atom stereocenters. The highest BCUT2D eigenvalue weighted by atomic mass is 16.6. The van der Waals surface area contributed by atoms with E-state index in [1.54, 1.807) is 0 Å². The zero-order chi connectivity index (χ0) is 11.9. The van der Waals surface area contributed by atoms with E-state index in [0.717, 1.165) is 11.3 Å². The van der Waals surface area contributed by atoms with Crippen LogP contribution in [0.4, 0.5) is 10.5 Å². The minimum absolute atomic E-state index is 0. The Balaban J connectivity index is 0.00000144. The van der Waals surface area contributed by atoms with Crippen LogP contribution in [0, 0.1) is 0 Å². The molecule has 0 fully saturated rings. The Labute approximate surface area is 97.3 Å². The lowest BCUT2D eigenvalue weighted by molar-refractivity contribution is 0.0420. The van der Waals surface area contributed by atoms with Gasteiger partial charge in [-0.25, -0.2) is 4.79 Å². The largest absolute Gasteiger partial charge is 0.438 e. The van der Waals surface area contributed by atoms with Gasteiger partial charge in [-0.1, -0.05) is 19.9 Å². The second kappa shape index (κ2) is 3.51. The van der Waals surface area contributed by atoms with Crippen molar-refractivity contribution in [3.05, 3.63) is 29.3 Å². The summed E-state index contributed by atoms with van der Waals surface area (Å²) in [6.07, 6.45) is -0.380. The van der Waals surface area contributed by atoms with E-state index >= 15 is 0 Å². The number of cyclic esters (lactones) is 1. The molecule has 0 spiro atoms. The van der Waals surface area contributed by atoms with Crippen molar-refractivity contribution in [1.82, 2.24) is 0 Å². The first-order chi connectivity index (χ1) is 7.40. The highest BCUT2D eigenvalue weighted by Crippen LogP contribution is 2.36. The van der Waals surface area contributed by atoms with Crippen molar-refractivity contribution < 1.29 is 11.0 Å². The van der Waals surface area contributed by atoms with Gasteiger partial charge in [0.05, 0.1) is 5.69 Å². The van der Waals surface area contributed by atoms with Crippen LogP contribution in [0.5, 0.6) is 0 Å². The van der Waals surface area contributed by atoms with Crippen LogP contribution < -0.4 is 5.32 Å². The summed E-state index contributed by atoms with van der Waals surface area (Å²) in [5.41, 5.74) is 2.60. The summed E-state index contributed by atoms with van der Waals surface area (Å²) in [4.78, 5) is 11.3. The first kappa shape index (κ1) is 11.0. The lowest BCUT2D eigenvalue weighted by Crippen LogP contribution is -2.34. The molecule has 3 nitrogen and oxygen atoms in total. The fourth-order valence-electron chi connectivity index (χ4n) is 1.95. The minimum atomic E-state index is -0.553. The molecule has 1 aliphatic rings. The quantitative estimate of drug-likeness (QED) is 0.782. The van der Waals surface area contributed by atoms with Crippen molar-refractivity contribution in [2.75, 3.05) is 5.32 Å². The zero-order valence-electron chi connectivity index (χ0n) is 10.1. The summed E-state index contributed by atoms with van der Waals surface area (Å²) in [6.45, 7) is 8.12. The third-order valence-electron chi connectivity index (χ3n) is 2.94. The van der Waals surface area contributed by atoms with E-state index in [1.165, 1.54) is 5.56 Å². The maximum Gasteiger partial charge on any atom is 0.412 e. The fraction of sp³-hybridized carbons (Fsp3) is 0.462. The molecule has 0 unspecified atom stereocenters. The highest BCUT2D eigenvalue weighted by molar-refractivity contribution is 5.88. The average molecular weight is 221 g/mol.